The lowest BCUT2D eigenvalue weighted by atomic mass is 9.95. The highest BCUT2D eigenvalue weighted by Crippen LogP contribution is 2.50. The molecule has 4 rings (SSSR count). The van der Waals surface area contributed by atoms with Crippen molar-refractivity contribution in [3.05, 3.63) is 81.5 Å². The van der Waals surface area contributed by atoms with Gasteiger partial charge in [-0.05, 0) is 59.6 Å². The number of nitrogens with two attached hydrogens (primary N) is 1. The molecule has 2 atom stereocenters. The first kappa shape index (κ1) is 25.6. The molecule has 0 spiro atoms. The van der Waals surface area contributed by atoms with Gasteiger partial charge in [0.15, 0.2) is 16.9 Å². The summed E-state index contributed by atoms with van der Waals surface area (Å²) in [5, 5.41) is 3.11. The van der Waals surface area contributed by atoms with Crippen molar-refractivity contribution in [2.24, 2.45) is 5.73 Å². The highest BCUT2D eigenvalue weighted by atomic mass is 32.2. The summed E-state index contributed by atoms with van der Waals surface area (Å²) in [7, 11) is 4.72. The number of aryl methyl sites for hydroxylation is 1. The van der Waals surface area contributed by atoms with Crippen LogP contribution >= 0.6 is 11.8 Å². The van der Waals surface area contributed by atoms with E-state index < -0.39 is 12.1 Å². The molecule has 1 aliphatic carbocycles. The van der Waals surface area contributed by atoms with Crippen LogP contribution in [0.5, 0.6) is 17.2 Å². The van der Waals surface area contributed by atoms with Crippen LogP contribution in [0.1, 0.15) is 35.2 Å². The van der Waals surface area contributed by atoms with Crippen LogP contribution in [0.4, 0.5) is 0 Å². The predicted octanol–water partition coefficient (Wildman–Crippen LogP) is 4.27. The number of fused-ring (bicyclic) bond motifs is 3. The SMILES string of the molecule is COc1cc2c(c(OC)c1OC)-c1ccc(SC)c(=O)cc1[C@@H](NC(=O)[C@@H](N)c1ccccc1)CC2. The van der Waals surface area contributed by atoms with E-state index in [1.165, 1.54) is 11.8 Å². The molecule has 188 valence electrons. The van der Waals surface area contributed by atoms with Gasteiger partial charge in [-0.15, -0.1) is 11.8 Å². The Morgan fingerprint density at radius 2 is 1.75 bits per heavy atom. The third-order valence-electron chi connectivity index (χ3n) is 6.48. The quantitative estimate of drug-likeness (QED) is 0.462. The van der Waals surface area contributed by atoms with E-state index in [9.17, 15) is 9.59 Å². The van der Waals surface area contributed by atoms with Gasteiger partial charge in [0, 0.05) is 5.56 Å². The predicted molar refractivity (Wildman–Crippen MR) is 142 cm³/mol. The van der Waals surface area contributed by atoms with Crippen molar-refractivity contribution >= 4 is 17.7 Å². The Morgan fingerprint density at radius 1 is 1.03 bits per heavy atom. The maximum atomic E-state index is 13.2. The van der Waals surface area contributed by atoms with Crippen LogP contribution < -0.4 is 30.7 Å². The minimum Gasteiger partial charge on any atom is -0.493 e. The lowest BCUT2D eigenvalue weighted by Gasteiger charge is -2.21. The summed E-state index contributed by atoms with van der Waals surface area (Å²) in [5.74, 6) is 1.23. The Labute approximate surface area is 215 Å². The number of carbonyl (C=O) groups is 1. The van der Waals surface area contributed by atoms with Gasteiger partial charge in [-0.1, -0.05) is 36.4 Å². The molecule has 3 aromatic carbocycles. The molecule has 0 aromatic heterocycles. The summed E-state index contributed by atoms with van der Waals surface area (Å²) < 4.78 is 17.0. The monoisotopic (exact) mass is 506 g/mol. The summed E-state index contributed by atoms with van der Waals surface area (Å²) in [6, 6.07) is 15.2. The molecule has 0 saturated carbocycles. The number of nitrogens with one attached hydrogen (secondary N) is 1. The second-order valence-electron chi connectivity index (χ2n) is 8.45. The van der Waals surface area contributed by atoms with Gasteiger partial charge in [-0.3, -0.25) is 9.59 Å². The van der Waals surface area contributed by atoms with E-state index in [4.69, 9.17) is 19.9 Å². The number of ether oxygens (including phenoxy) is 3. The van der Waals surface area contributed by atoms with E-state index in [1.54, 1.807) is 27.4 Å². The normalized spacial score (nSPS) is 15.1. The van der Waals surface area contributed by atoms with Gasteiger partial charge < -0.3 is 25.3 Å². The Bertz CT molecular complexity index is 1330. The van der Waals surface area contributed by atoms with Gasteiger partial charge >= 0.3 is 0 Å². The topological polar surface area (TPSA) is 99.9 Å². The molecular weight excluding hydrogens is 476 g/mol. The van der Waals surface area contributed by atoms with E-state index in [0.717, 1.165) is 22.3 Å². The van der Waals surface area contributed by atoms with Gasteiger partial charge in [0.25, 0.3) is 0 Å². The average molecular weight is 507 g/mol. The van der Waals surface area contributed by atoms with Crippen molar-refractivity contribution in [2.75, 3.05) is 27.6 Å². The minimum absolute atomic E-state index is 0.113. The van der Waals surface area contributed by atoms with Crippen molar-refractivity contribution < 1.29 is 19.0 Å². The molecular formula is C28H30N2O5S. The molecule has 0 fully saturated rings. The standard InChI is InChI=1S/C28H30N2O5S/c1-33-22-14-17-10-12-20(30-28(32)25(29)16-8-6-5-7-9-16)19-15-21(31)23(36-4)13-11-18(19)24(17)27(35-3)26(22)34-2/h5-9,11,13-15,20,25H,10,12,29H2,1-4H3,(H,30,32)/t20-,25-/m0/s1. The van der Waals surface area contributed by atoms with Crippen LogP contribution in [0.15, 0.2) is 64.3 Å². The number of rotatable bonds is 7. The van der Waals surface area contributed by atoms with Gasteiger partial charge in [-0.25, -0.2) is 0 Å². The molecule has 1 amide bonds. The van der Waals surface area contributed by atoms with Gasteiger partial charge in [0.2, 0.25) is 11.7 Å². The highest BCUT2D eigenvalue weighted by molar-refractivity contribution is 7.98. The second-order valence-corrected chi connectivity index (χ2v) is 9.30. The van der Waals surface area contributed by atoms with E-state index in [2.05, 4.69) is 5.32 Å². The zero-order valence-corrected chi connectivity index (χ0v) is 21.6. The molecule has 3 aromatic rings. The number of amides is 1. The second kappa shape index (κ2) is 11.1. The molecule has 36 heavy (non-hydrogen) atoms. The van der Waals surface area contributed by atoms with Gasteiger partial charge in [0.05, 0.1) is 32.3 Å². The van der Waals surface area contributed by atoms with E-state index >= 15 is 0 Å². The summed E-state index contributed by atoms with van der Waals surface area (Å²) >= 11 is 1.38. The van der Waals surface area contributed by atoms with Crippen LogP contribution in [0.3, 0.4) is 0 Å². The molecule has 0 unspecified atom stereocenters. The highest BCUT2D eigenvalue weighted by Gasteiger charge is 2.30. The third-order valence-corrected chi connectivity index (χ3v) is 7.26. The van der Waals surface area contributed by atoms with Gasteiger partial charge in [-0.2, -0.15) is 0 Å². The summed E-state index contributed by atoms with van der Waals surface area (Å²) in [5.41, 5.74) is 10.2. The van der Waals surface area contributed by atoms with Crippen LogP contribution in [0.25, 0.3) is 11.1 Å². The maximum absolute atomic E-state index is 13.2. The zero-order chi connectivity index (χ0) is 25.8. The van der Waals surface area contributed by atoms with Gasteiger partial charge in [0.1, 0.15) is 6.04 Å². The van der Waals surface area contributed by atoms with E-state index in [0.29, 0.717) is 40.5 Å². The number of benzene rings is 2. The third kappa shape index (κ3) is 4.79. The summed E-state index contributed by atoms with van der Waals surface area (Å²) in [6.07, 6.45) is 3.03. The first-order valence-electron chi connectivity index (χ1n) is 11.6. The van der Waals surface area contributed by atoms with Crippen LogP contribution in [-0.4, -0.2) is 33.5 Å². The first-order chi connectivity index (χ1) is 17.4. The molecule has 0 saturated heterocycles. The molecule has 1 aliphatic rings. The van der Waals surface area contributed by atoms with E-state index in [-0.39, 0.29) is 11.3 Å². The van der Waals surface area contributed by atoms with Crippen molar-refractivity contribution in [3.8, 4) is 28.4 Å². The number of thioether (sulfide) groups is 1. The van der Waals surface area contributed by atoms with Crippen molar-refractivity contribution in [1.29, 1.82) is 0 Å². The summed E-state index contributed by atoms with van der Waals surface area (Å²) in [6.45, 7) is 0. The number of hydrogen-bond donors (Lipinski definition) is 2. The molecule has 0 radical (unpaired) electrons. The van der Waals surface area contributed by atoms with Crippen LogP contribution in [-0.2, 0) is 11.2 Å². The lowest BCUT2D eigenvalue weighted by Crippen LogP contribution is -2.37. The Balaban J connectivity index is 1.89. The number of methoxy groups -OCH3 is 3. The lowest BCUT2D eigenvalue weighted by molar-refractivity contribution is -0.123. The summed E-state index contributed by atoms with van der Waals surface area (Å²) in [4.78, 5) is 26.9. The number of hydrogen-bond acceptors (Lipinski definition) is 7. The van der Waals surface area contributed by atoms with Crippen molar-refractivity contribution in [2.45, 2.75) is 29.8 Å². The smallest absolute Gasteiger partial charge is 0.241 e. The maximum Gasteiger partial charge on any atom is 0.241 e. The Morgan fingerprint density at radius 3 is 2.39 bits per heavy atom. The van der Waals surface area contributed by atoms with Crippen molar-refractivity contribution in [3.63, 3.8) is 0 Å². The average Bonchev–Trinajstić information content (AvgIpc) is 3.15. The fourth-order valence-corrected chi connectivity index (χ4v) is 5.15. The van der Waals surface area contributed by atoms with E-state index in [1.807, 2.05) is 54.8 Å². The van der Waals surface area contributed by atoms with Crippen LogP contribution in [0.2, 0.25) is 0 Å². The fourth-order valence-electron chi connectivity index (χ4n) is 4.69. The van der Waals surface area contributed by atoms with Crippen LogP contribution in [0, 0.1) is 0 Å². The molecule has 3 N–H and O–H groups in total. The molecule has 0 aliphatic heterocycles. The van der Waals surface area contributed by atoms with Crippen molar-refractivity contribution in [1.82, 2.24) is 5.32 Å². The molecule has 7 nitrogen and oxygen atoms in total. The fraction of sp³-hybridized carbons (Fsp3) is 0.286. The molecule has 8 heteroatoms. The first-order valence-corrected chi connectivity index (χ1v) is 12.8. The molecule has 0 heterocycles. The number of carbonyl (C=O) groups excluding carboxylic acids is 1. The largest absolute Gasteiger partial charge is 0.493 e. The molecule has 0 bridgehead atoms. The Hall–Kier alpha value is -3.49. The zero-order valence-electron chi connectivity index (χ0n) is 20.8. The Kier molecular flexibility index (Phi) is 7.86. The minimum atomic E-state index is -0.832.